The molecule has 156 valence electrons. The van der Waals surface area contributed by atoms with Crippen molar-refractivity contribution in [2.45, 2.75) is 43.2 Å². The van der Waals surface area contributed by atoms with Crippen molar-refractivity contribution in [1.82, 2.24) is 5.32 Å². The fourth-order valence-corrected chi connectivity index (χ4v) is 5.90. The van der Waals surface area contributed by atoms with Crippen LogP contribution in [0.3, 0.4) is 0 Å². The molecule has 5 nitrogen and oxygen atoms in total. The first-order chi connectivity index (χ1) is 13.9. The van der Waals surface area contributed by atoms with Crippen molar-refractivity contribution in [3.8, 4) is 11.5 Å². The standard InChI is InChI=1S/C23H29NO4S/c1-5-7-13-23(6-2)16-29(25,26)21-15-20(28-4)19(27-3)14-18(21)22(24-23)17-11-9-8-10-12-17/h7-15,22,24H,5-6,16H2,1-4H3/b13-7+/t22-,23-/m0/s1. The predicted molar refractivity (Wildman–Crippen MR) is 115 cm³/mol. The van der Waals surface area contributed by atoms with Gasteiger partial charge >= 0.3 is 0 Å². The second-order valence-corrected chi connectivity index (χ2v) is 9.27. The van der Waals surface area contributed by atoms with E-state index >= 15 is 0 Å². The molecule has 0 aromatic heterocycles. The number of methoxy groups -OCH3 is 2. The molecule has 0 spiro atoms. The first-order valence-electron chi connectivity index (χ1n) is 9.88. The van der Waals surface area contributed by atoms with Crippen LogP contribution in [0.1, 0.15) is 43.9 Å². The molecule has 0 aliphatic carbocycles. The molecule has 0 saturated carbocycles. The minimum Gasteiger partial charge on any atom is -0.493 e. The van der Waals surface area contributed by atoms with Crippen molar-refractivity contribution in [3.63, 3.8) is 0 Å². The molecule has 1 N–H and O–H groups in total. The fraction of sp³-hybridized carbons (Fsp3) is 0.391. The molecule has 0 amide bonds. The minimum atomic E-state index is -3.58. The number of benzene rings is 2. The smallest absolute Gasteiger partial charge is 0.180 e. The van der Waals surface area contributed by atoms with Crippen LogP contribution >= 0.6 is 0 Å². The van der Waals surface area contributed by atoms with Crippen LogP contribution in [0.4, 0.5) is 0 Å². The van der Waals surface area contributed by atoms with Gasteiger partial charge < -0.3 is 9.47 Å². The van der Waals surface area contributed by atoms with Crippen LogP contribution in [0.2, 0.25) is 0 Å². The number of fused-ring (bicyclic) bond motifs is 1. The first kappa shape index (κ1) is 21.4. The van der Waals surface area contributed by atoms with Crippen molar-refractivity contribution in [2.24, 2.45) is 0 Å². The molecule has 0 bridgehead atoms. The first-order valence-corrected chi connectivity index (χ1v) is 11.5. The summed E-state index contributed by atoms with van der Waals surface area (Å²) in [4.78, 5) is 0.289. The van der Waals surface area contributed by atoms with E-state index in [1.807, 2.05) is 56.3 Å². The van der Waals surface area contributed by atoms with Gasteiger partial charge in [0.25, 0.3) is 0 Å². The number of allylic oxidation sites excluding steroid dienone is 1. The monoisotopic (exact) mass is 415 g/mol. The van der Waals surface area contributed by atoms with E-state index in [2.05, 4.69) is 5.32 Å². The highest BCUT2D eigenvalue weighted by atomic mass is 32.2. The molecule has 1 heterocycles. The largest absolute Gasteiger partial charge is 0.493 e. The summed E-state index contributed by atoms with van der Waals surface area (Å²) in [7, 11) is -0.505. The van der Waals surface area contributed by atoms with Gasteiger partial charge in [0, 0.05) is 6.07 Å². The molecule has 0 saturated heterocycles. The van der Waals surface area contributed by atoms with Crippen LogP contribution in [0.5, 0.6) is 11.5 Å². The van der Waals surface area contributed by atoms with Crippen molar-refractivity contribution in [3.05, 3.63) is 65.7 Å². The van der Waals surface area contributed by atoms with Crippen molar-refractivity contribution in [2.75, 3.05) is 20.0 Å². The number of nitrogens with one attached hydrogen (secondary N) is 1. The number of sulfone groups is 1. The maximum Gasteiger partial charge on any atom is 0.180 e. The van der Waals surface area contributed by atoms with Crippen LogP contribution in [0.15, 0.2) is 59.5 Å². The second-order valence-electron chi connectivity index (χ2n) is 7.31. The molecule has 6 heteroatoms. The molecule has 3 rings (SSSR count). The number of hydrogen-bond acceptors (Lipinski definition) is 5. The fourth-order valence-electron chi connectivity index (χ4n) is 3.86. The molecule has 0 radical (unpaired) electrons. The zero-order valence-corrected chi connectivity index (χ0v) is 18.3. The Hall–Kier alpha value is -2.31. The van der Waals surface area contributed by atoms with Crippen molar-refractivity contribution >= 4 is 9.84 Å². The number of rotatable bonds is 6. The van der Waals surface area contributed by atoms with E-state index in [1.54, 1.807) is 19.2 Å². The predicted octanol–water partition coefficient (Wildman–Crippen LogP) is 4.29. The number of ether oxygens (including phenoxy) is 2. The van der Waals surface area contributed by atoms with Gasteiger partial charge in [0.15, 0.2) is 21.3 Å². The topological polar surface area (TPSA) is 64.6 Å². The molecule has 0 fully saturated rings. The van der Waals surface area contributed by atoms with Gasteiger partial charge in [-0.15, -0.1) is 0 Å². The lowest BCUT2D eigenvalue weighted by Gasteiger charge is -2.33. The summed E-state index contributed by atoms with van der Waals surface area (Å²) in [5, 5.41) is 3.67. The average Bonchev–Trinajstić information content (AvgIpc) is 2.84. The molecule has 1 aliphatic heterocycles. The summed E-state index contributed by atoms with van der Waals surface area (Å²) >= 11 is 0. The molecule has 2 aromatic carbocycles. The van der Waals surface area contributed by atoms with Gasteiger partial charge in [0.2, 0.25) is 0 Å². The summed E-state index contributed by atoms with van der Waals surface area (Å²) in [5.41, 5.74) is 1.00. The summed E-state index contributed by atoms with van der Waals surface area (Å²) in [6.45, 7) is 4.06. The van der Waals surface area contributed by atoms with E-state index in [4.69, 9.17) is 9.47 Å². The van der Waals surface area contributed by atoms with Gasteiger partial charge in [-0.05, 0) is 30.0 Å². The molecule has 0 unspecified atom stereocenters. The van der Waals surface area contributed by atoms with Crippen LogP contribution in [-0.4, -0.2) is 33.9 Å². The highest BCUT2D eigenvalue weighted by Crippen LogP contribution is 2.42. The third-order valence-electron chi connectivity index (χ3n) is 5.48. The third-order valence-corrected chi connectivity index (χ3v) is 7.40. The Morgan fingerprint density at radius 2 is 1.76 bits per heavy atom. The SMILES string of the molecule is CC/C=C/[C@@]1(CC)CS(=O)(=O)c2cc(OC)c(OC)cc2[C@H](c2ccccc2)N1. The van der Waals surface area contributed by atoms with Gasteiger partial charge in [-0.2, -0.15) is 0 Å². The Morgan fingerprint density at radius 3 is 2.34 bits per heavy atom. The van der Waals surface area contributed by atoms with Crippen LogP contribution in [-0.2, 0) is 9.84 Å². The molecule has 2 aromatic rings. The Morgan fingerprint density at radius 1 is 1.10 bits per heavy atom. The summed E-state index contributed by atoms with van der Waals surface area (Å²) in [6.07, 6.45) is 5.54. The van der Waals surface area contributed by atoms with E-state index in [0.717, 1.165) is 12.0 Å². The van der Waals surface area contributed by atoms with Gasteiger partial charge in [-0.3, -0.25) is 5.32 Å². The summed E-state index contributed by atoms with van der Waals surface area (Å²) in [5.74, 6) is 0.908. The quantitative estimate of drug-likeness (QED) is 0.713. The Kier molecular flexibility index (Phi) is 6.34. The lowest BCUT2D eigenvalue weighted by atomic mass is 9.91. The Balaban J connectivity index is 2.31. The van der Waals surface area contributed by atoms with E-state index in [1.165, 1.54) is 7.11 Å². The molecule has 29 heavy (non-hydrogen) atoms. The number of hydrogen-bond donors (Lipinski definition) is 1. The summed E-state index contributed by atoms with van der Waals surface area (Å²) < 4.78 is 37.9. The average molecular weight is 416 g/mol. The van der Waals surface area contributed by atoms with Crippen molar-refractivity contribution in [1.29, 1.82) is 0 Å². The van der Waals surface area contributed by atoms with Crippen LogP contribution in [0, 0.1) is 0 Å². The molecule has 2 atom stereocenters. The van der Waals surface area contributed by atoms with Crippen molar-refractivity contribution < 1.29 is 17.9 Å². The van der Waals surface area contributed by atoms with Gasteiger partial charge in [0.05, 0.1) is 36.4 Å². The van der Waals surface area contributed by atoms with E-state index < -0.39 is 15.4 Å². The van der Waals surface area contributed by atoms with Crippen LogP contribution in [0.25, 0.3) is 0 Å². The lowest BCUT2D eigenvalue weighted by Crippen LogP contribution is -2.48. The maximum absolute atomic E-state index is 13.5. The normalized spacial score (nSPS) is 23.4. The highest BCUT2D eigenvalue weighted by molar-refractivity contribution is 7.91. The van der Waals surface area contributed by atoms with E-state index in [-0.39, 0.29) is 16.7 Å². The highest BCUT2D eigenvalue weighted by Gasteiger charge is 2.41. The maximum atomic E-state index is 13.5. The summed E-state index contributed by atoms with van der Waals surface area (Å²) in [6, 6.07) is 13.0. The van der Waals surface area contributed by atoms with Gasteiger partial charge in [-0.1, -0.05) is 56.3 Å². The van der Waals surface area contributed by atoms with Crippen LogP contribution < -0.4 is 14.8 Å². The molecular weight excluding hydrogens is 386 g/mol. The molecular formula is C23H29NO4S. The second kappa shape index (κ2) is 8.59. The molecule has 1 aliphatic rings. The Bertz CT molecular complexity index is 985. The zero-order valence-electron chi connectivity index (χ0n) is 17.4. The Labute approximate surface area is 173 Å². The third kappa shape index (κ3) is 4.19. The minimum absolute atomic E-state index is 0.0151. The van der Waals surface area contributed by atoms with E-state index in [0.29, 0.717) is 23.5 Å². The van der Waals surface area contributed by atoms with E-state index in [9.17, 15) is 8.42 Å². The van der Waals surface area contributed by atoms with Gasteiger partial charge in [-0.25, -0.2) is 8.42 Å². The lowest BCUT2D eigenvalue weighted by molar-refractivity contribution is 0.351. The van der Waals surface area contributed by atoms with Gasteiger partial charge in [0.1, 0.15) is 0 Å². The zero-order chi connectivity index (χ0) is 21.1.